The van der Waals surface area contributed by atoms with E-state index in [0.717, 1.165) is 12.8 Å². The van der Waals surface area contributed by atoms with E-state index in [1.807, 2.05) is 6.92 Å². The van der Waals surface area contributed by atoms with Gasteiger partial charge in [0.15, 0.2) is 0 Å². The van der Waals surface area contributed by atoms with Crippen molar-refractivity contribution < 1.29 is 19.5 Å². The van der Waals surface area contributed by atoms with E-state index < -0.39 is 17.9 Å². The third kappa shape index (κ3) is 4.51. The first-order chi connectivity index (χ1) is 8.95. The molecule has 1 aliphatic heterocycles. The minimum atomic E-state index is -1.10. The maximum Gasteiger partial charge on any atom is 0.305 e. The Bertz CT molecular complexity index is 359. The molecule has 1 aliphatic rings. The van der Waals surface area contributed by atoms with Crippen molar-refractivity contribution in [3.8, 4) is 0 Å². The molecule has 0 aromatic rings. The zero-order valence-corrected chi connectivity index (χ0v) is 11.1. The molecule has 0 aliphatic carbocycles. The van der Waals surface area contributed by atoms with Crippen molar-refractivity contribution in [1.29, 1.82) is 0 Å². The number of hydrogen-bond donors (Lipinski definition) is 3. The van der Waals surface area contributed by atoms with Gasteiger partial charge in [-0.1, -0.05) is 13.3 Å². The fraction of sp³-hybridized carbons (Fsp3) is 0.750. The SMILES string of the molecule is CCCC(N)CC(=O)N1CCNC(=O)C1CC(=O)O. The van der Waals surface area contributed by atoms with E-state index in [0.29, 0.717) is 13.1 Å². The molecular formula is C12H21N3O4. The molecule has 0 aromatic carbocycles. The molecular weight excluding hydrogens is 250 g/mol. The second kappa shape index (κ2) is 7.08. The third-order valence-corrected chi connectivity index (χ3v) is 3.12. The lowest BCUT2D eigenvalue weighted by molar-refractivity contribution is -0.148. The first-order valence-corrected chi connectivity index (χ1v) is 6.50. The van der Waals surface area contributed by atoms with Crippen LogP contribution in [-0.4, -0.2) is 53.0 Å². The van der Waals surface area contributed by atoms with Crippen LogP contribution in [0.1, 0.15) is 32.6 Å². The van der Waals surface area contributed by atoms with Crippen LogP contribution >= 0.6 is 0 Å². The van der Waals surface area contributed by atoms with E-state index in [4.69, 9.17) is 10.8 Å². The Morgan fingerprint density at radius 1 is 1.58 bits per heavy atom. The van der Waals surface area contributed by atoms with Crippen molar-refractivity contribution in [2.45, 2.75) is 44.7 Å². The lowest BCUT2D eigenvalue weighted by atomic mass is 10.0. The van der Waals surface area contributed by atoms with E-state index in [2.05, 4.69) is 5.32 Å². The molecule has 1 heterocycles. The highest BCUT2D eigenvalue weighted by Gasteiger charge is 2.34. The van der Waals surface area contributed by atoms with Crippen LogP contribution in [0.5, 0.6) is 0 Å². The fourth-order valence-corrected chi connectivity index (χ4v) is 2.20. The number of nitrogens with one attached hydrogen (secondary N) is 1. The molecule has 0 aromatic heterocycles. The van der Waals surface area contributed by atoms with E-state index in [-0.39, 0.29) is 24.8 Å². The molecule has 2 amide bonds. The standard InChI is InChI=1S/C12H21N3O4/c1-2-3-8(13)6-10(16)15-5-4-14-12(19)9(15)7-11(17)18/h8-9H,2-7,13H2,1H3,(H,14,19)(H,17,18). The van der Waals surface area contributed by atoms with Gasteiger partial charge in [-0.05, 0) is 6.42 Å². The van der Waals surface area contributed by atoms with Crippen molar-refractivity contribution in [1.82, 2.24) is 10.2 Å². The van der Waals surface area contributed by atoms with Crippen molar-refractivity contribution >= 4 is 17.8 Å². The molecule has 0 radical (unpaired) electrons. The smallest absolute Gasteiger partial charge is 0.305 e. The number of rotatable bonds is 6. The summed E-state index contributed by atoms with van der Waals surface area (Å²) < 4.78 is 0. The summed E-state index contributed by atoms with van der Waals surface area (Å²) in [5.41, 5.74) is 5.81. The first-order valence-electron chi connectivity index (χ1n) is 6.50. The molecule has 7 heteroatoms. The summed E-state index contributed by atoms with van der Waals surface area (Å²) in [6.07, 6.45) is 1.39. The first kappa shape index (κ1) is 15.4. The van der Waals surface area contributed by atoms with Gasteiger partial charge in [0.25, 0.3) is 0 Å². The largest absolute Gasteiger partial charge is 0.481 e. The van der Waals surface area contributed by atoms with E-state index in [1.54, 1.807) is 0 Å². The van der Waals surface area contributed by atoms with Crippen molar-refractivity contribution in [2.24, 2.45) is 5.73 Å². The quantitative estimate of drug-likeness (QED) is 0.591. The third-order valence-electron chi connectivity index (χ3n) is 3.12. The number of carbonyl (C=O) groups is 3. The number of amides is 2. The summed E-state index contributed by atoms with van der Waals surface area (Å²) >= 11 is 0. The second-order valence-electron chi connectivity index (χ2n) is 4.74. The predicted octanol–water partition coefficient (Wildman–Crippen LogP) is -0.694. The molecule has 1 saturated heterocycles. The predicted molar refractivity (Wildman–Crippen MR) is 68.3 cm³/mol. The van der Waals surface area contributed by atoms with Gasteiger partial charge in [0.1, 0.15) is 6.04 Å². The van der Waals surface area contributed by atoms with Crippen LogP contribution in [0.3, 0.4) is 0 Å². The number of carbonyl (C=O) groups excluding carboxylic acids is 2. The highest BCUT2D eigenvalue weighted by molar-refractivity contribution is 5.91. The molecule has 7 nitrogen and oxygen atoms in total. The number of nitrogens with zero attached hydrogens (tertiary/aromatic N) is 1. The Morgan fingerprint density at radius 2 is 2.26 bits per heavy atom. The van der Waals surface area contributed by atoms with Crippen LogP contribution in [-0.2, 0) is 14.4 Å². The highest BCUT2D eigenvalue weighted by atomic mass is 16.4. The van der Waals surface area contributed by atoms with Crippen LogP contribution in [0.2, 0.25) is 0 Å². The second-order valence-corrected chi connectivity index (χ2v) is 4.74. The minimum Gasteiger partial charge on any atom is -0.481 e. The Hall–Kier alpha value is -1.63. The average molecular weight is 271 g/mol. The minimum absolute atomic E-state index is 0.150. The van der Waals surface area contributed by atoms with E-state index >= 15 is 0 Å². The number of aliphatic carboxylic acids is 1. The molecule has 2 atom stereocenters. The molecule has 2 unspecified atom stereocenters. The molecule has 1 rings (SSSR count). The lowest BCUT2D eigenvalue weighted by Crippen LogP contribution is -2.58. The maximum absolute atomic E-state index is 12.1. The summed E-state index contributed by atoms with van der Waals surface area (Å²) in [7, 11) is 0. The van der Waals surface area contributed by atoms with Gasteiger partial charge in [-0.2, -0.15) is 0 Å². The maximum atomic E-state index is 12.1. The molecule has 0 bridgehead atoms. The lowest BCUT2D eigenvalue weighted by Gasteiger charge is -2.34. The van der Waals surface area contributed by atoms with Crippen LogP contribution in [0.15, 0.2) is 0 Å². The highest BCUT2D eigenvalue weighted by Crippen LogP contribution is 2.12. The van der Waals surface area contributed by atoms with Crippen molar-refractivity contribution in [2.75, 3.05) is 13.1 Å². The summed E-state index contributed by atoms with van der Waals surface area (Å²) in [6.45, 7) is 2.66. The van der Waals surface area contributed by atoms with Crippen molar-refractivity contribution in [3.63, 3.8) is 0 Å². The fourth-order valence-electron chi connectivity index (χ4n) is 2.20. The van der Waals surface area contributed by atoms with Crippen molar-refractivity contribution in [3.05, 3.63) is 0 Å². The summed E-state index contributed by atoms with van der Waals surface area (Å²) in [6, 6.07) is -1.17. The monoisotopic (exact) mass is 271 g/mol. The number of hydrogen-bond acceptors (Lipinski definition) is 4. The van der Waals surface area contributed by atoms with Crippen LogP contribution in [0.25, 0.3) is 0 Å². The molecule has 19 heavy (non-hydrogen) atoms. The van der Waals surface area contributed by atoms with Gasteiger partial charge in [0.05, 0.1) is 6.42 Å². The van der Waals surface area contributed by atoms with Gasteiger partial charge in [0.2, 0.25) is 11.8 Å². The van der Waals surface area contributed by atoms with E-state index in [9.17, 15) is 14.4 Å². The van der Waals surface area contributed by atoms with Crippen LogP contribution < -0.4 is 11.1 Å². The molecule has 0 spiro atoms. The van der Waals surface area contributed by atoms with Gasteiger partial charge < -0.3 is 21.1 Å². The van der Waals surface area contributed by atoms with Crippen LogP contribution in [0, 0.1) is 0 Å². The number of carboxylic acids is 1. The molecule has 0 saturated carbocycles. The summed E-state index contributed by atoms with van der Waals surface area (Å²) in [5, 5.41) is 11.4. The topological polar surface area (TPSA) is 113 Å². The Kier molecular flexibility index (Phi) is 5.75. The molecule has 1 fully saturated rings. The normalized spacial score (nSPS) is 20.8. The molecule has 4 N–H and O–H groups in total. The Morgan fingerprint density at radius 3 is 2.84 bits per heavy atom. The van der Waals surface area contributed by atoms with Gasteiger partial charge in [-0.25, -0.2) is 0 Å². The van der Waals surface area contributed by atoms with Gasteiger partial charge >= 0.3 is 5.97 Å². The van der Waals surface area contributed by atoms with Gasteiger partial charge in [-0.15, -0.1) is 0 Å². The van der Waals surface area contributed by atoms with Crippen LogP contribution in [0.4, 0.5) is 0 Å². The number of carboxylic acid groups (broad SMARTS) is 1. The van der Waals surface area contributed by atoms with E-state index in [1.165, 1.54) is 4.90 Å². The zero-order chi connectivity index (χ0) is 14.4. The van der Waals surface area contributed by atoms with Gasteiger partial charge in [0, 0.05) is 25.6 Å². The molecule has 108 valence electrons. The zero-order valence-electron chi connectivity index (χ0n) is 11.1. The Labute approximate surface area is 112 Å². The average Bonchev–Trinajstić information content (AvgIpc) is 2.31. The Balaban J connectivity index is 2.68. The number of nitrogens with two attached hydrogens (primary N) is 1. The summed E-state index contributed by atoms with van der Waals surface area (Å²) in [5.74, 6) is -1.76. The summed E-state index contributed by atoms with van der Waals surface area (Å²) in [4.78, 5) is 35.8. The van der Waals surface area contributed by atoms with Gasteiger partial charge in [-0.3, -0.25) is 14.4 Å². The number of piperazine rings is 1.